The molecular formula is C16H25ClIN3. The van der Waals surface area contributed by atoms with Gasteiger partial charge in [0.05, 0.1) is 0 Å². The molecule has 5 heteroatoms. The quantitative estimate of drug-likeness (QED) is 0.455. The third-order valence-electron chi connectivity index (χ3n) is 3.93. The standard InChI is InChI=1S/C16H24ClN3.HI/c1-16(2,13-6-8-14(17)9-7-13)12-19-15(18-3)20-10-4-5-11-20;/h6-9H,4-5,10-12H2,1-3H3,(H,18,19);1H. The Morgan fingerprint density at radius 3 is 2.33 bits per heavy atom. The van der Waals surface area contributed by atoms with Crippen molar-refractivity contribution in [1.29, 1.82) is 0 Å². The molecule has 0 amide bonds. The fourth-order valence-electron chi connectivity index (χ4n) is 2.56. The van der Waals surface area contributed by atoms with Crippen molar-refractivity contribution >= 4 is 41.5 Å². The molecule has 1 fully saturated rings. The number of hydrogen-bond acceptors (Lipinski definition) is 1. The minimum absolute atomic E-state index is 0. The van der Waals surface area contributed by atoms with Crippen LogP contribution in [-0.2, 0) is 5.41 Å². The monoisotopic (exact) mass is 421 g/mol. The Morgan fingerprint density at radius 2 is 1.81 bits per heavy atom. The zero-order valence-corrected chi connectivity index (χ0v) is 16.1. The SMILES string of the molecule is CN=C(NCC(C)(C)c1ccc(Cl)cc1)N1CCCC1.I. The molecule has 1 aliphatic rings. The molecule has 1 saturated heterocycles. The molecule has 0 aliphatic carbocycles. The average molecular weight is 422 g/mol. The zero-order chi connectivity index (χ0) is 14.6. The maximum atomic E-state index is 5.96. The van der Waals surface area contributed by atoms with Crippen LogP contribution in [0.5, 0.6) is 0 Å². The van der Waals surface area contributed by atoms with E-state index in [1.807, 2.05) is 19.2 Å². The van der Waals surface area contributed by atoms with Gasteiger partial charge in [0.15, 0.2) is 5.96 Å². The van der Waals surface area contributed by atoms with E-state index in [-0.39, 0.29) is 29.4 Å². The Morgan fingerprint density at radius 1 is 1.24 bits per heavy atom. The highest BCUT2D eigenvalue weighted by Gasteiger charge is 2.23. The van der Waals surface area contributed by atoms with Crippen molar-refractivity contribution < 1.29 is 0 Å². The number of rotatable bonds is 3. The summed E-state index contributed by atoms with van der Waals surface area (Å²) < 4.78 is 0. The number of hydrogen-bond donors (Lipinski definition) is 1. The van der Waals surface area contributed by atoms with Crippen LogP contribution in [0, 0.1) is 0 Å². The molecule has 0 spiro atoms. The van der Waals surface area contributed by atoms with Crippen LogP contribution in [0.15, 0.2) is 29.3 Å². The highest BCUT2D eigenvalue weighted by atomic mass is 127. The lowest BCUT2D eigenvalue weighted by molar-refractivity contribution is 0.458. The first-order valence-electron chi connectivity index (χ1n) is 7.24. The number of halogens is 2. The van der Waals surface area contributed by atoms with Crippen LogP contribution in [0.3, 0.4) is 0 Å². The molecule has 1 heterocycles. The van der Waals surface area contributed by atoms with Crippen LogP contribution in [0.4, 0.5) is 0 Å². The van der Waals surface area contributed by atoms with E-state index in [9.17, 15) is 0 Å². The first-order chi connectivity index (χ1) is 9.53. The average Bonchev–Trinajstić information content (AvgIpc) is 2.94. The van der Waals surface area contributed by atoms with Gasteiger partial charge in [-0.2, -0.15) is 0 Å². The number of guanidine groups is 1. The number of likely N-dealkylation sites (tertiary alicyclic amines) is 1. The number of aliphatic imine (C=N–C) groups is 1. The fraction of sp³-hybridized carbons (Fsp3) is 0.562. The highest BCUT2D eigenvalue weighted by Crippen LogP contribution is 2.24. The van der Waals surface area contributed by atoms with Gasteiger partial charge in [0.25, 0.3) is 0 Å². The molecule has 1 N–H and O–H groups in total. The molecule has 0 aromatic heterocycles. The van der Waals surface area contributed by atoms with Crippen LogP contribution in [-0.4, -0.2) is 37.5 Å². The summed E-state index contributed by atoms with van der Waals surface area (Å²) in [6, 6.07) is 8.10. The lowest BCUT2D eigenvalue weighted by Gasteiger charge is -2.29. The minimum Gasteiger partial charge on any atom is -0.355 e. The summed E-state index contributed by atoms with van der Waals surface area (Å²) in [6.07, 6.45) is 2.53. The Hall–Kier alpha value is -0.490. The minimum atomic E-state index is 0. The predicted octanol–water partition coefficient (Wildman–Crippen LogP) is 3.91. The molecule has 118 valence electrons. The largest absolute Gasteiger partial charge is 0.355 e. The maximum Gasteiger partial charge on any atom is 0.193 e. The summed E-state index contributed by atoms with van der Waals surface area (Å²) in [5.41, 5.74) is 1.33. The van der Waals surface area contributed by atoms with E-state index in [2.05, 4.69) is 41.2 Å². The molecule has 1 aromatic carbocycles. The van der Waals surface area contributed by atoms with E-state index in [1.165, 1.54) is 18.4 Å². The van der Waals surface area contributed by atoms with Crippen molar-refractivity contribution in [3.63, 3.8) is 0 Å². The van der Waals surface area contributed by atoms with E-state index in [0.29, 0.717) is 0 Å². The zero-order valence-electron chi connectivity index (χ0n) is 13.0. The smallest absolute Gasteiger partial charge is 0.193 e. The topological polar surface area (TPSA) is 27.6 Å². The van der Waals surface area contributed by atoms with Crippen molar-refractivity contribution in [1.82, 2.24) is 10.2 Å². The number of nitrogens with one attached hydrogen (secondary N) is 1. The van der Waals surface area contributed by atoms with Crippen LogP contribution in [0.1, 0.15) is 32.3 Å². The van der Waals surface area contributed by atoms with Crippen molar-refractivity contribution in [3.05, 3.63) is 34.9 Å². The molecule has 0 bridgehead atoms. The molecule has 21 heavy (non-hydrogen) atoms. The summed E-state index contributed by atoms with van der Waals surface area (Å²) in [7, 11) is 1.86. The van der Waals surface area contributed by atoms with E-state index in [1.54, 1.807) is 0 Å². The van der Waals surface area contributed by atoms with Gasteiger partial charge in [0, 0.05) is 37.1 Å². The van der Waals surface area contributed by atoms with Crippen LogP contribution in [0.25, 0.3) is 0 Å². The van der Waals surface area contributed by atoms with E-state index < -0.39 is 0 Å². The molecule has 0 saturated carbocycles. The van der Waals surface area contributed by atoms with E-state index >= 15 is 0 Å². The van der Waals surface area contributed by atoms with Gasteiger partial charge in [0.1, 0.15) is 0 Å². The van der Waals surface area contributed by atoms with E-state index in [4.69, 9.17) is 11.6 Å². The summed E-state index contributed by atoms with van der Waals surface area (Å²) in [6.45, 7) is 7.56. The first-order valence-corrected chi connectivity index (χ1v) is 7.62. The van der Waals surface area contributed by atoms with Crippen molar-refractivity contribution in [2.75, 3.05) is 26.7 Å². The number of benzene rings is 1. The molecule has 2 rings (SSSR count). The van der Waals surface area contributed by atoms with Crippen LogP contribution in [0.2, 0.25) is 5.02 Å². The molecule has 0 unspecified atom stereocenters. The first kappa shape index (κ1) is 18.6. The molecule has 3 nitrogen and oxygen atoms in total. The van der Waals surface area contributed by atoms with Gasteiger partial charge in [-0.05, 0) is 30.5 Å². The second-order valence-electron chi connectivity index (χ2n) is 5.99. The Kier molecular flexibility index (Phi) is 7.27. The van der Waals surface area contributed by atoms with E-state index in [0.717, 1.165) is 30.6 Å². The summed E-state index contributed by atoms with van der Waals surface area (Å²) >= 11 is 5.96. The molecular weight excluding hydrogens is 397 g/mol. The third kappa shape index (κ3) is 5.02. The van der Waals surface area contributed by atoms with Gasteiger partial charge in [-0.25, -0.2) is 0 Å². The Labute approximate surface area is 150 Å². The lowest BCUT2D eigenvalue weighted by atomic mass is 9.85. The fourth-order valence-corrected chi connectivity index (χ4v) is 2.69. The summed E-state index contributed by atoms with van der Waals surface area (Å²) in [5.74, 6) is 1.02. The summed E-state index contributed by atoms with van der Waals surface area (Å²) in [4.78, 5) is 6.72. The normalized spacial score (nSPS) is 15.8. The molecule has 0 atom stereocenters. The van der Waals surface area contributed by atoms with Gasteiger partial charge >= 0.3 is 0 Å². The van der Waals surface area contributed by atoms with Gasteiger partial charge < -0.3 is 10.2 Å². The van der Waals surface area contributed by atoms with Crippen molar-refractivity contribution in [3.8, 4) is 0 Å². The van der Waals surface area contributed by atoms with Gasteiger partial charge in [-0.1, -0.05) is 37.6 Å². The molecule has 1 aromatic rings. The highest BCUT2D eigenvalue weighted by molar-refractivity contribution is 14.0. The van der Waals surface area contributed by atoms with Gasteiger partial charge in [0.2, 0.25) is 0 Å². The second-order valence-corrected chi connectivity index (χ2v) is 6.42. The summed E-state index contributed by atoms with van der Waals surface area (Å²) in [5, 5.41) is 4.29. The molecule has 0 radical (unpaired) electrons. The third-order valence-corrected chi connectivity index (χ3v) is 4.18. The maximum absolute atomic E-state index is 5.96. The van der Waals surface area contributed by atoms with Crippen molar-refractivity contribution in [2.45, 2.75) is 32.1 Å². The molecule has 1 aliphatic heterocycles. The lowest BCUT2D eigenvalue weighted by Crippen LogP contribution is -2.44. The Bertz CT molecular complexity index is 465. The van der Waals surface area contributed by atoms with Gasteiger partial charge in [-0.3, -0.25) is 4.99 Å². The number of nitrogens with zero attached hydrogens (tertiary/aromatic N) is 2. The van der Waals surface area contributed by atoms with Gasteiger partial charge in [-0.15, -0.1) is 24.0 Å². The van der Waals surface area contributed by atoms with Crippen molar-refractivity contribution in [2.24, 2.45) is 4.99 Å². The van der Waals surface area contributed by atoms with Crippen LogP contribution >= 0.6 is 35.6 Å². The Balaban J connectivity index is 0.00000220. The van der Waals surface area contributed by atoms with Crippen LogP contribution < -0.4 is 5.32 Å². The predicted molar refractivity (Wildman–Crippen MR) is 102 cm³/mol. The second kappa shape index (κ2) is 8.22.